The van der Waals surface area contributed by atoms with Crippen LogP contribution in [0.3, 0.4) is 0 Å². The van der Waals surface area contributed by atoms with Crippen LogP contribution in [0, 0.1) is 0 Å². The van der Waals surface area contributed by atoms with Gasteiger partial charge in [-0.05, 0) is 31.2 Å². The standard InChI is InChI=1S/C10H9F3O2/c1-2-14-7-3-5-8(6-4-7)15-10(13)9(11)12/h3-6H,2H2,1H3. The molecule has 0 aliphatic heterocycles. The van der Waals surface area contributed by atoms with E-state index in [-0.39, 0.29) is 5.75 Å². The van der Waals surface area contributed by atoms with Gasteiger partial charge in [-0.2, -0.15) is 13.2 Å². The van der Waals surface area contributed by atoms with E-state index in [9.17, 15) is 13.2 Å². The molecule has 0 aliphatic carbocycles. The first-order chi connectivity index (χ1) is 7.13. The molecule has 0 N–H and O–H groups in total. The third-order valence-electron chi connectivity index (χ3n) is 1.49. The van der Waals surface area contributed by atoms with Crippen LogP contribution in [-0.2, 0) is 0 Å². The van der Waals surface area contributed by atoms with Gasteiger partial charge in [-0.25, -0.2) is 0 Å². The van der Waals surface area contributed by atoms with Crippen molar-refractivity contribution in [1.29, 1.82) is 0 Å². The van der Waals surface area contributed by atoms with Gasteiger partial charge in [0.1, 0.15) is 11.5 Å². The highest BCUT2D eigenvalue weighted by atomic mass is 19.3. The molecule has 0 amide bonds. The maximum absolute atomic E-state index is 12.3. The molecule has 82 valence electrons. The molecule has 1 aromatic carbocycles. The van der Waals surface area contributed by atoms with Crippen molar-refractivity contribution >= 4 is 0 Å². The van der Waals surface area contributed by atoms with Crippen molar-refractivity contribution in [2.75, 3.05) is 6.61 Å². The molecular weight excluding hydrogens is 209 g/mol. The van der Waals surface area contributed by atoms with E-state index >= 15 is 0 Å². The van der Waals surface area contributed by atoms with Crippen LogP contribution in [-0.4, -0.2) is 6.61 Å². The number of halogens is 3. The topological polar surface area (TPSA) is 18.5 Å². The lowest BCUT2D eigenvalue weighted by Gasteiger charge is -2.04. The van der Waals surface area contributed by atoms with E-state index in [0.29, 0.717) is 12.4 Å². The van der Waals surface area contributed by atoms with Crippen LogP contribution >= 0.6 is 0 Å². The molecule has 0 heterocycles. The summed E-state index contributed by atoms with van der Waals surface area (Å²) in [7, 11) is 0. The Balaban J connectivity index is 2.69. The van der Waals surface area contributed by atoms with Crippen LogP contribution < -0.4 is 9.47 Å². The summed E-state index contributed by atoms with van der Waals surface area (Å²) in [6.07, 6.45) is -2.48. The second-order valence-electron chi connectivity index (χ2n) is 2.54. The molecule has 0 saturated carbocycles. The van der Waals surface area contributed by atoms with E-state index in [2.05, 4.69) is 4.74 Å². The smallest absolute Gasteiger partial charge is 0.344 e. The molecule has 2 nitrogen and oxygen atoms in total. The summed E-state index contributed by atoms with van der Waals surface area (Å²) in [5, 5.41) is 0. The maximum atomic E-state index is 12.3. The summed E-state index contributed by atoms with van der Waals surface area (Å²) in [4.78, 5) is 0. The molecule has 0 aromatic heterocycles. The zero-order valence-corrected chi connectivity index (χ0v) is 7.97. The van der Waals surface area contributed by atoms with E-state index in [0.717, 1.165) is 0 Å². The molecule has 0 radical (unpaired) electrons. The van der Waals surface area contributed by atoms with E-state index in [1.165, 1.54) is 24.3 Å². The first-order valence-corrected chi connectivity index (χ1v) is 4.25. The fourth-order valence-electron chi connectivity index (χ4n) is 0.913. The van der Waals surface area contributed by atoms with Gasteiger partial charge in [0.25, 0.3) is 0 Å². The van der Waals surface area contributed by atoms with Crippen LogP contribution in [0.1, 0.15) is 6.92 Å². The quantitative estimate of drug-likeness (QED) is 0.720. The molecule has 0 spiro atoms. The van der Waals surface area contributed by atoms with Gasteiger partial charge in [-0.3, -0.25) is 0 Å². The first-order valence-electron chi connectivity index (χ1n) is 4.25. The molecule has 0 fully saturated rings. The van der Waals surface area contributed by atoms with Gasteiger partial charge in [0, 0.05) is 0 Å². The van der Waals surface area contributed by atoms with Gasteiger partial charge in [-0.15, -0.1) is 0 Å². The molecule has 1 rings (SSSR count). The third kappa shape index (κ3) is 3.53. The molecule has 0 unspecified atom stereocenters. The summed E-state index contributed by atoms with van der Waals surface area (Å²) >= 11 is 0. The minimum atomic E-state index is -2.48. The summed E-state index contributed by atoms with van der Waals surface area (Å²) in [5.74, 6) is 0.554. The van der Waals surface area contributed by atoms with Crippen LogP contribution in [0.2, 0.25) is 0 Å². The highest BCUT2D eigenvalue weighted by molar-refractivity contribution is 5.31. The Hall–Kier alpha value is -1.65. The number of benzene rings is 1. The maximum Gasteiger partial charge on any atom is 0.344 e. The predicted octanol–water partition coefficient (Wildman–Crippen LogP) is 3.50. The van der Waals surface area contributed by atoms with Gasteiger partial charge in [0.05, 0.1) is 6.61 Å². The van der Waals surface area contributed by atoms with Crippen molar-refractivity contribution in [3.05, 3.63) is 36.4 Å². The molecule has 15 heavy (non-hydrogen) atoms. The van der Waals surface area contributed by atoms with Gasteiger partial charge in [0.15, 0.2) is 0 Å². The largest absolute Gasteiger partial charge is 0.494 e. The van der Waals surface area contributed by atoms with Crippen LogP contribution in [0.15, 0.2) is 36.4 Å². The van der Waals surface area contributed by atoms with Gasteiger partial charge in [-0.1, -0.05) is 0 Å². The molecule has 0 aliphatic rings. The summed E-state index contributed by atoms with van der Waals surface area (Å²) in [6, 6.07) is 3.80. The van der Waals surface area contributed by atoms with Gasteiger partial charge in [0.2, 0.25) is 0 Å². The first kappa shape index (κ1) is 11.4. The average molecular weight is 218 g/mol. The minimum Gasteiger partial charge on any atom is -0.494 e. The second kappa shape index (κ2) is 5.29. The van der Waals surface area contributed by atoms with E-state index in [1.54, 1.807) is 0 Å². The molecule has 0 bridgehead atoms. The number of hydrogen-bond acceptors (Lipinski definition) is 2. The summed E-state index contributed by atoms with van der Waals surface area (Å²) in [6.45, 7) is 2.30. The van der Waals surface area contributed by atoms with E-state index in [4.69, 9.17) is 4.74 Å². The minimum absolute atomic E-state index is 0.0104. The van der Waals surface area contributed by atoms with Gasteiger partial charge < -0.3 is 9.47 Å². The average Bonchev–Trinajstić information content (AvgIpc) is 2.21. The fourth-order valence-corrected chi connectivity index (χ4v) is 0.913. The monoisotopic (exact) mass is 218 g/mol. The highest BCUT2D eigenvalue weighted by Gasteiger charge is 2.07. The number of rotatable bonds is 4. The van der Waals surface area contributed by atoms with E-state index in [1.807, 2.05) is 6.92 Å². The Morgan fingerprint density at radius 1 is 1.07 bits per heavy atom. The number of hydrogen-bond donors (Lipinski definition) is 0. The van der Waals surface area contributed by atoms with Crippen molar-refractivity contribution in [2.45, 2.75) is 6.92 Å². The van der Waals surface area contributed by atoms with Crippen LogP contribution in [0.5, 0.6) is 11.5 Å². The SMILES string of the molecule is CCOc1ccc(OC(F)=C(F)F)cc1. The third-order valence-corrected chi connectivity index (χ3v) is 1.49. The predicted molar refractivity (Wildman–Crippen MR) is 48.6 cm³/mol. The van der Waals surface area contributed by atoms with Crippen molar-refractivity contribution in [2.24, 2.45) is 0 Å². The summed E-state index contributed by atoms with van der Waals surface area (Å²) in [5.41, 5.74) is 0. The Morgan fingerprint density at radius 3 is 2.07 bits per heavy atom. The fraction of sp³-hybridized carbons (Fsp3) is 0.200. The van der Waals surface area contributed by atoms with Crippen molar-refractivity contribution in [1.82, 2.24) is 0 Å². The van der Waals surface area contributed by atoms with E-state index < -0.39 is 12.1 Å². The second-order valence-corrected chi connectivity index (χ2v) is 2.54. The molecular formula is C10H9F3O2. The van der Waals surface area contributed by atoms with Crippen molar-refractivity contribution in [3.8, 4) is 11.5 Å². The molecule has 0 atom stereocenters. The molecule has 1 aromatic rings. The van der Waals surface area contributed by atoms with Gasteiger partial charge >= 0.3 is 12.1 Å². The molecule has 0 saturated heterocycles. The summed E-state index contributed by atoms with van der Waals surface area (Å²) < 4.78 is 45.0. The van der Waals surface area contributed by atoms with Crippen LogP contribution in [0.25, 0.3) is 0 Å². The van der Waals surface area contributed by atoms with Crippen molar-refractivity contribution in [3.63, 3.8) is 0 Å². The Kier molecular flexibility index (Phi) is 4.03. The van der Waals surface area contributed by atoms with Crippen molar-refractivity contribution < 1.29 is 22.6 Å². The molecule has 5 heteroatoms. The Morgan fingerprint density at radius 2 is 1.60 bits per heavy atom. The number of ether oxygens (including phenoxy) is 2. The zero-order valence-electron chi connectivity index (χ0n) is 7.97. The normalized spacial score (nSPS) is 9.60. The highest BCUT2D eigenvalue weighted by Crippen LogP contribution is 2.21. The lowest BCUT2D eigenvalue weighted by atomic mass is 10.3. The lowest BCUT2D eigenvalue weighted by molar-refractivity contribution is 0.241. The van der Waals surface area contributed by atoms with Crippen LogP contribution in [0.4, 0.5) is 13.2 Å². The lowest BCUT2D eigenvalue weighted by Crippen LogP contribution is -1.93. The zero-order chi connectivity index (χ0) is 11.3. The Bertz CT molecular complexity index is 342. The Labute approximate surface area is 84.9 Å².